The third-order valence-corrected chi connectivity index (χ3v) is 5.35. The molecule has 0 radical (unpaired) electrons. The number of rotatable bonds is 7. The standard InChI is InChI=1S/C24H22O7/c1-14(25)15-6-7-20(22(9-15)28-2)29-13-24(27)30-12-18-11-23(26)31-21-10-17-5-3-4-16(17)8-19(18)21/h6-11H,3-5,12-13H2,1-2H3. The molecule has 1 aliphatic carbocycles. The summed E-state index contributed by atoms with van der Waals surface area (Å²) in [6.07, 6.45) is 3.04. The largest absolute Gasteiger partial charge is 0.493 e. The molecule has 160 valence electrons. The van der Waals surface area contributed by atoms with Crippen molar-refractivity contribution in [3.05, 3.63) is 69.1 Å². The first kappa shape index (κ1) is 20.7. The highest BCUT2D eigenvalue weighted by Crippen LogP contribution is 2.30. The van der Waals surface area contributed by atoms with Crippen molar-refractivity contribution in [2.24, 2.45) is 0 Å². The summed E-state index contributed by atoms with van der Waals surface area (Å²) in [6, 6.07) is 9.99. The number of Topliss-reactive ketones (excluding diaryl/α,β-unsaturated/α-hetero) is 1. The van der Waals surface area contributed by atoms with Crippen molar-refractivity contribution in [1.29, 1.82) is 0 Å². The van der Waals surface area contributed by atoms with Crippen LogP contribution in [0, 0.1) is 0 Å². The fraction of sp³-hybridized carbons (Fsp3) is 0.292. The van der Waals surface area contributed by atoms with E-state index in [1.54, 1.807) is 18.2 Å². The van der Waals surface area contributed by atoms with E-state index in [9.17, 15) is 14.4 Å². The highest BCUT2D eigenvalue weighted by atomic mass is 16.6. The Bertz CT molecular complexity index is 1220. The Hall–Kier alpha value is -3.61. The summed E-state index contributed by atoms with van der Waals surface area (Å²) in [6.45, 7) is 1.04. The minimum absolute atomic E-state index is 0.0660. The molecule has 7 nitrogen and oxygen atoms in total. The van der Waals surface area contributed by atoms with Gasteiger partial charge in [-0.1, -0.05) is 0 Å². The average molecular weight is 422 g/mol. The molecule has 31 heavy (non-hydrogen) atoms. The lowest BCUT2D eigenvalue weighted by Crippen LogP contribution is -2.16. The number of carbonyl (C=O) groups excluding carboxylic acids is 2. The third kappa shape index (κ3) is 4.45. The second kappa shape index (κ2) is 8.63. The van der Waals surface area contributed by atoms with Crippen LogP contribution < -0.4 is 15.1 Å². The minimum atomic E-state index is -0.597. The fourth-order valence-corrected chi connectivity index (χ4v) is 3.76. The van der Waals surface area contributed by atoms with Crippen LogP contribution in [-0.2, 0) is 29.0 Å². The summed E-state index contributed by atoms with van der Waals surface area (Å²) < 4.78 is 21.4. The van der Waals surface area contributed by atoms with Gasteiger partial charge in [-0.15, -0.1) is 0 Å². The van der Waals surface area contributed by atoms with E-state index < -0.39 is 11.6 Å². The zero-order chi connectivity index (χ0) is 22.0. The monoisotopic (exact) mass is 422 g/mol. The number of benzene rings is 2. The first-order valence-electron chi connectivity index (χ1n) is 10.0. The Morgan fingerprint density at radius 2 is 1.81 bits per heavy atom. The maximum Gasteiger partial charge on any atom is 0.344 e. The van der Waals surface area contributed by atoms with E-state index in [0.29, 0.717) is 28.2 Å². The molecule has 0 saturated heterocycles. The predicted octanol–water partition coefficient (Wildman–Crippen LogP) is 3.62. The van der Waals surface area contributed by atoms with Crippen molar-refractivity contribution in [3.63, 3.8) is 0 Å². The van der Waals surface area contributed by atoms with Gasteiger partial charge < -0.3 is 18.6 Å². The van der Waals surface area contributed by atoms with Gasteiger partial charge in [0.15, 0.2) is 23.9 Å². The summed E-state index contributed by atoms with van der Waals surface area (Å²) in [5.41, 5.74) is 3.53. The molecule has 1 aromatic heterocycles. The highest BCUT2D eigenvalue weighted by molar-refractivity contribution is 5.94. The maximum atomic E-state index is 12.2. The molecule has 0 saturated carbocycles. The topological polar surface area (TPSA) is 92.0 Å². The van der Waals surface area contributed by atoms with E-state index in [4.69, 9.17) is 18.6 Å². The van der Waals surface area contributed by atoms with Gasteiger partial charge in [0.2, 0.25) is 0 Å². The lowest BCUT2D eigenvalue weighted by molar-refractivity contribution is -0.147. The van der Waals surface area contributed by atoms with Gasteiger partial charge in [-0.2, -0.15) is 0 Å². The normalized spacial score (nSPS) is 12.5. The fourth-order valence-electron chi connectivity index (χ4n) is 3.76. The zero-order valence-electron chi connectivity index (χ0n) is 17.4. The summed E-state index contributed by atoms with van der Waals surface area (Å²) >= 11 is 0. The van der Waals surface area contributed by atoms with E-state index in [1.807, 2.05) is 12.1 Å². The quantitative estimate of drug-likeness (QED) is 0.326. The number of aryl methyl sites for hydroxylation is 2. The van der Waals surface area contributed by atoms with E-state index in [0.717, 1.165) is 24.6 Å². The van der Waals surface area contributed by atoms with Gasteiger partial charge in [0.25, 0.3) is 0 Å². The van der Waals surface area contributed by atoms with Crippen LogP contribution in [0.3, 0.4) is 0 Å². The number of ketones is 1. The molecule has 4 rings (SSSR count). The summed E-state index contributed by atoms with van der Waals surface area (Å²) in [7, 11) is 1.45. The molecular weight excluding hydrogens is 400 g/mol. The molecule has 3 aromatic rings. The molecule has 0 spiro atoms. The molecule has 0 aliphatic heterocycles. The van der Waals surface area contributed by atoms with Crippen molar-refractivity contribution in [1.82, 2.24) is 0 Å². The maximum absolute atomic E-state index is 12.2. The summed E-state index contributed by atoms with van der Waals surface area (Å²) in [5.74, 6) is -0.0263. The SMILES string of the molecule is COc1cc(C(C)=O)ccc1OCC(=O)OCc1cc(=O)oc2cc3c(cc12)CCC3. The molecule has 0 fully saturated rings. The van der Waals surface area contributed by atoms with Crippen LogP contribution in [0.15, 0.2) is 45.6 Å². The smallest absolute Gasteiger partial charge is 0.344 e. The van der Waals surface area contributed by atoms with Crippen molar-refractivity contribution < 1.29 is 28.2 Å². The molecule has 1 aliphatic rings. The number of carbonyl (C=O) groups is 2. The number of methoxy groups -OCH3 is 1. The van der Waals surface area contributed by atoms with Crippen LogP contribution in [-0.4, -0.2) is 25.5 Å². The van der Waals surface area contributed by atoms with E-state index >= 15 is 0 Å². The Morgan fingerprint density at radius 3 is 2.55 bits per heavy atom. The number of ether oxygens (including phenoxy) is 3. The second-order valence-electron chi connectivity index (χ2n) is 7.43. The average Bonchev–Trinajstić information content (AvgIpc) is 3.21. The minimum Gasteiger partial charge on any atom is -0.493 e. The van der Waals surface area contributed by atoms with Crippen LogP contribution in [0.2, 0.25) is 0 Å². The van der Waals surface area contributed by atoms with Gasteiger partial charge in [-0.05, 0) is 67.6 Å². The van der Waals surface area contributed by atoms with Gasteiger partial charge in [0.1, 0.15) is 12.2 Å². The highest BCUT2D eigenvalue weighted by Gasteiger charge is 2.16. The first-order chi connectivity index (χ1) is 14.9. The molecule has 0 bridgehead atoms. The lowest BCUT2D eigenvalue weighted by atomic mass is 10.0. The van der Waals surface area contributed by atoms with Gasteiger partial charge in [-0.3, -0.25) is 4.79 Å². The Morgan fingerprint density at radius 1 is 1.03 bits per heavy atom. The van der Waals surface area contributed by atoms with Crippen molar-refractivity contribution in [3.8, 4) is 11.5 Å². The van der Waals surface area contributed by atoms with Crippen LogP contribution in [0.5, 0.6) is 11.5 Å². The number of hydrogen-bond donors (Lipinski definition) is 0. The molecule has 0 N–H and O–H groups in total. The van der Waals surface area contributed by atoms with Gasteiger partial charge in [-0.25, -0.2) is 9.59 Å². The molecule has 0 amide bonds. The van der Waals surface area contributed by atoms with E-state index in [2.05, 4.69) is 0 Å². The molecular formula is C24H22O7. The second-order valence-corrected chi connectivity index (χ2v) is 7.43. The molecule has 0 atom stereocenters. The molecule has 7 heteroatoms. The number of fused-ring (bicyclic) bond motifs is 2. The van der Waals surface area contributed by atoms with Crippen LogP contribution in [0.4, 0.5) is 0 Å². The van der Waals surface area contributed by atoms with Crippen LogP contribution in [0.25, 0.3) is 11.0 Å². The number of hydrogen-bond acceptors (Lipinski definition) is 7. The summed E-state index contributed by atoms with van der Waals surface area (Å²) in [5, 5.41) is 0.774. The zero-order valence-corrected chi connectivity index (χ0v) is 17.4. The van der Waals surface area contributed by atoms with E-state index in [1.165, 1.54) is 31.2 Å². The molecule has 1 heterocycles. The van der Waals surface area contributed by atoms with Crippen molar-refractivity contribution in [2.75, 3.05) is 13.7 Å². The van der Waals surface area contributed by atoms with Crippen LogP contribution >= 0.6 is 0 Å². The first-order valence-corrected chi connectivity index (χ1v) is 10.0. The van der Waals surface area contributed by atoms with Gasteiger partial charge in [0.05, 0.1) is 7.11 Å². The predicted molar refractivity (Wildman–Crippen MR) is 113 cm³/mol. The van der Waals surface area contributed by atoms with Crippen molar-refractivity contribution >= 4 is 22.7 Å². The lowest BCUT2D eigenvalue weighted by Gasteiger charge is -2.12. The van der Waals surface area contributed by atoms with Gasteiger partial charge >= 0.3 is 11.6 Å². The molecule has 0 unspecified atom stereocenters. The Balaban J connectivity index is 1.44. The van der Waals surface area contributed by atoms with E-state index in [-0.39, 0.29) is 19.0 Å². The molecule has 2 aromatic carbocycles. The van der Waals surface area contributed by atoms with Crippen LogP contribution in [0.1, 0.15) is 40.4 Å². The summed E-state index contributed by atoms with van der Waals surface area (Å²) in [4.78, 5) is 35.7. The Labute approximate surface area is 178 Å². The number of esters is 1. The third-order valence-electron chi connectivity index (χ3n) is 5.35. The van der Waals surface area contributed by atoms with Crippen molar-refractivity contribution in [2.45, 2.75) is 32.8 Å². The Kier molecular flexibility index (Phi) is 5.75. The van der Waals surface area contributed by atoms with Gasteiger partial charge in [0, 0.05) is 22.6 Å².